The van der Waals surface area contributed by atoms with E-state index in [9.17, 15) is 4.39 Å². The van der Waals surface area contributed by atoms with E-state index < -0.39 is 0 Å². The number of hydrogen-bond donors (Lipinski definition) is 1. The summed E-state index contributed by atoms with van der Waals surface area (Å²) in [5.41, 5.74) is 0.984. The number of unbranched alkanes of at least 4 members (excludes halogenated alkanes) is 3. The lowest BCUT2D eigenvalue weighted by Crippen LogP contribution is -2.15. The Bertz CT molecular complexity index is 347. The van der Waals surface area contributed by atoms with Gasteiger partial charge in [-0.1, -0.05) is 28.8 Å². The van der Waals surface area contributed by atoms with Crippen LogP contribution < -0.4 is 5.32 Å². The van der Waals surface area contributed by atoms with Crippen molar-refractivity contribution < 1.29 is 4.39 Å². The van der Waals surface area contributed by atoms with E-state index >= 15 is 0 Å². The van der Waals surface area contributed by atoms with Gasteiger partial charge in [0.2, 0.25) is 0 Å². The monoisotopic (exact) mass is 333 g/mol. The predicted molar refractivity (Wildman–Crippen MR) is 82.7 cm³/mol. The second-order valence-corrected chi connectivity index (χ2v) is 6.16. The normalized spacial score (nSPS) is 10.8. The molecule has 1 aromatic carbocycles. The minimum Gasteiger partial charge on any atom is -0.313 e. The molecule has 1 nitrogen and oxygen atoms in total. The maximum atomic E-state index is 13.0. The van der Waals surface area contributed by atoms with Gasteiger partial charge < -0.3 is 5.32 Å². The highest BCUT2D eigenvalue weighted by Gasteiger charge is 2.01. The van der Waals surface area contributed by atoms with Gasteiger partial charge in [0.1, 0.15) is 5.82 Å². The SMILES string of the molecule is CSCCCCCCNCc1cc(F)ccc1Br. The van der Waals surface area contributed by atoms with E-state index in [4.69, 9.17) is 0 Å². The predicted octanol–water partition coefficient (Wildman–Crippen LogP) is 4.60. The Kier molecular flexibility index (Phi) is 8.72. The van der Waals surface area contributed by atoms with E-state index in [1.807, 2.05) is 11.8 Å². The van der Waals surface area contributed by atoms with Gasteiger partial charge in [0.15, 0.2) is 0 Å². The summed E-state index contributed by atoms with van der Waals surface area (Å²) in [5.74, 6) is 1.09. The molecule has 0 radical (unpaired) electrons. The first-order chi connectivity index (χ1) is 8.74. The van der Waals surface area contributed by atoms with Crippen LogP contribution in [0.3, 0.4) is 0 Å². The number of halogens is 2. The molecule has 0 aliphatic carbocycles. The van der Waals surface area contributed by atoms with Gasteiger partial charge >= 0.3 is 0 Å². The highest BCUT2D eigenvalue weighted by Crippen LogP contribution is 2.17. The molecule has 4 heteroatoms. The summed E-state index contributed by atoms with van der Waals surface area (Å²) in [6.45, 7) is 1.73. The smallest absolute Gasteiger partial charge is 0.123 e. The number of thioether (sulfide) groups is 1. The van der Waals surface area contributed by atoms with E-state index in [0.29, 0.717) is 0 Å². The molecule has 1 N–H and O–H groups in total. The standard InChI is InChI=1S/C14H21BrFNS/c1-18-9-5-3-2-4-8-17-11-12-10-13(16)6-7-14(12)15/h6-7,10,17H,2-5,8-9,11H2,1H3. The van der Waals surface area contributed by atoms with Gasteiger partial charge in [-0.15, -0.1) is 0 Å². The fraction of sp³-hybridized carbons (Fsp3) is 0.571. The van der Waals surface area contributed by atoms with Gasteiger partial charge in [0.25, 0.3) is 0 Å². The van der Waals surface area contributed by atoms with Crippen LogP contribution in [0.4, 0.5) is 4.39 Å². The first-order valence-electron chi connectivity index (χ1n) is 6.37. The van der Waals surface area contributed by atoms with Crippen LogP contribution in [0.5, 0.6) is 0 Å². The zero-order valence-electron chi connectivity index (χ0n) is 10.8. The summed E-state index contributed by atoms with van der Waals surface area (Å²) in [7, 11) is 0. The van der Waals surface area contributed by atoms with Crippen molar-refractivity contribution in [3.05, 3.63) is 34.1 Å². The average molecular weight is 334 g/mol. The molecule has 0 aromatic heterocycles. The Labute approximate surface area is 122 Å². The Morgan fingerprint density at radius 1 is 1.22 bits per heavy atom. The van der Waals surface area contributed by atoms with Gasteiger partial charge in [0.05, 0.1) is 0 Å². The molecule has 0 bridgehead atoms. The Hall–Kier alpha value is -0.0600. The van der Waals surface area contributed by atoms with Crippen LogP contribution in [0, 0.1) is 5.82 Å². The molecule has 0 amide bonds. The first-order valence-corrected chi connectivity index (χ1v) is 8.56. The van der Waals surface area contributed by atoms with Crippen LogP contribution in [0.25, 0.3) is 0 Å². The maximum absolute atomic E-state index is 13.0. The molecule has 102 valence electrons. The van der Waals surface area contributed by atoms with Crippen molar-refractivity contribution in [1.82, 2.24) is 5.32 Å². The molecule has 0 unspecified atom stereocenters. The van der Waals surface area contributed by atoms with Crippen LogP contribution in [-0.4, -0.2) is 18.6 Å². The van der Waals surface area contributed by atoms with E-state index in [2.05, 4.69) is 27.5 Å². The maximum Gasteiger partial charge on any atom is 0.123 e. The van der Waals surface area contributed by atoms with E-state index in [0.717, 1.165) is 23.1 Å². The summed E-state index contributed by atoms with van der Waals surface area (Å²) < 4.78 is 14.0. The van der Waals surface area contributed by atoms with Crippen LogP contribution in [0.15, 0.2) is 22.7 Å². The third-order valence-electron chi connectivity index (χ3n) is 2.78. The van der Waals surface area contributed by atoms with Crippen molar-refractivity contribution in [2.24, 2.45) is 0 Å². The topological polar surface area (TPSA) is 12.0 Å². The minimum absolute atomic E-state index is 0.174. The molecular weight excluding hydrogens is 313 g/mol. The van der Waals surface area contributed by atoms with Crippen molar-refractivity contribution in [3.63, 3.8) is 0 Å². The van der Waals surface area contributed by atoms with Crippen LogP contribution in [0.1, 0.15) is 31.2 Å². The number of benzene rings is 1. The zero-order valence-corrected chi connectivity index (χ0v) is 13.2. The summed E-state index contributed by atoms with van der Waals surface area (Å²) in [4.78, 5) is 0. The number of nitrogens with one attached hydrogen (secondary N) is 1. The van der Waals surface area contributed by atoms with Crippen LogP contribution in [-0.2, 0) is 6.54 Å². The lowest BCUT2D eigenvalue weighted by Gasteiger charge is -2.07. The van der Waals surface area contributed by atoms with Gasteiger partial charge in [0, 0.05) is 11.0 Å². The molecule has 0 saturated carbocycles. The molecule has 18 heavy (non-hydrogen) atoms. The summed E-state index contributed by atoms with van der Waals surface area (Å²) in [6, 6.07) is 4.81. The van der Waals surface area contributed by atoms with Gasteiger partial charge in [-0.05, 0) is 55.2 Å². The van der Waals surface area contributed by atoms with Crippen molar-refractivity contribution in [1.29, 1.82) is 0 Å². The molecule has 0 atom stereocenters. The minimum atomic E-state index is -0.174. The van der Waals surface area contributed by atoms with E-state index in [-0.39, 0.29) is 5.82 Å². The van der Waals surface area contributed by atoms with Crippen molar-refractivity contribution in [3.8, 4) is 0 Å². The fourth-order valence-corrected chi connectivity index (χ4v) is 2.63. The van der Waals surface area contributed by atoms with Crippen molar-refractivity contribution in [2.75, 3.05) is 18.6 Å². The number of hydrogen-bond acceptors (Lipinski definition) is 2. The molecule has 0 saturated heterocycles. The Morgan fingerprint density at radius 2 is 2.00 bits per heavy atom. The largest absolute Gasteiger partial charge is 0.313 e. The van der Waals surface area contributed by atoms with Gasteiger partial charge in [-0.25, -0.2) is 4.39 Å². The fourth-order valence-electron chi connectivity index (χ4n) is 1.75. The van der Waals surface area contributed by atoms with Crippen LogP contribution >= 0.6 is 27.7 Å². The van der Waals surface area contributed by atoms with Crippen molar-refractivity contribution >= 4 is 27.7 Å². The lowest BCUT2D eigenvalue weighted by molar-refractivity contribution is 0.592. The van der Waals surface area contributed by atoms with Crippen LogP contribution in [0.2, 0.25) is 0 Å². The summed E-state index contributed by atoms with van der Waals surface area (Å²) in [6.07, 6.45) is 7.25. The van der Waals surface area contributed by atoms with Crippen molar-refractivity contribution in [2.45, 2.75) is 32.2 Å². The molecule has 0 aliphatic heterocycles. The second kappa shape index (κ2) is 9.82. The highest BCUT2D eigenvalue weighted by atomic mass is 79.9. The van der Waals surface area contributed by atoms with Gasteiger partial charge in [-0.2, -0.15) is 11.8 Å². The summed E-state index contributed by atoms with van der Waals surface area (Å²) in [5, 5.41) is 3.36. The first kappa shape index (κ1) is 16.0. The van der Waals surface area contributed by atoms with E-state index in [1.165, 1.54) is 37.5 Å². The third-order valence-corrected chi connectivity index (χ3v) is 4.25. The lowest BCUT2D eigenvalue weighted by atomic mass is 10.2. The molecule has 1 aromatic rings. The average Bonchev–Trinajstić information content (AvgIpc) is 2.36. The molecular formula is C14H21BrFNS. The molecule has 0 heterocycles. The zero-order chi connectivity index (χ0) is 13.2. The Balaban J connectivity index is 2.09. The molecule has 0 aliphatic rings. The molecule has 1 rings (SSSR count). The van der Waals surface area contributed by atoms with Gasteiger partial charge in [-0.3, -0.25) is 0 Å². The Morgan fingerprint density at radius 3 is 2.78 bits per heavy atom. The quantitative estimate of drug-likeness (QED) is 0.662. The molecule has 0 fully saturated rings. The number of rotatable bonds is 9. The van der Waals surface area contributed by atoms with E-state index in [1.54, 1.807) is 12.1 Å². The third kappa shape index (κ3) is 6.76. The highest BCUT2D eigenvalue weighted by molar-refractivity contribution is 9.10. The second-order valence-electron chi connectivity index (χ2n) is 4.32. The summed E-state index contributed by atoms with van der Waals surface area (Å²) >= 11 is 5.35. The molecule has 0 spiro atoms.